The summed E-state index contributed by atoms with van der Waals surface area (Å²) in [6.45, 7) is 0.537. The normalized spacial score (nSPS) is 20.6. The second-order valence-electron chi connectivity index (χ2n) is 4.42. The molecule has 1 atom stereocenters. The Balaban J connectivity index is 1.91. The van der Waals surface area contributed by atoms with Crippen molar-refractivity contribution in [2.75, 3.05) is 25.1 Å². The maximum absolute atomic E-state index is 12.0. The molecule has 1 aliphatic heterocycles. The van der Waals surface area contributed by atoms with E-state index >= 15 is 0 Å². The standard InChI is InChI=1S/C12H18N2OS/c1-13-5-3-10(7-13)12(15)8-14(2)11-4-6-16-9-11/h3,5,7,11H,4,6,8-9H2,1-2H3. The first-order valence-corrected chi connectivity index (χ1v) is 6.75. The van der Waals surface area contributed by atoms with Crippen LogP contribution in [0.25, 0.3) is 0 Å². The fraction of sp³-hybridized carbons (Fsp3) is 0.583. The fourth-order valence-electron chi connectivity index (χ4n) is 1.98. The topological polar surface area (TPSA) is 25.2 Å². The summed E-state index contributed by atoms with van der Waals surface area (Å²) in [5.74, 6) is 2.62. The largest absolute Gasteiger partial charge is 0.357 e. The van der Waals surface area contributed by atoms with E-state index in [1.54, 1.807) is 0 Å². The van der Waals surface area contributed by atoms with Crippen molar-refractivity contribution >= 4 is 17.5 Å². The van der Waals surface area contributed by atoms with Crippen LogP contribution in [0, 0.1) is 0 Å². The van der Waals surface area contributed by atoms with Crippen molar-refractivity contribution in [3.8, 4) is 0 Å². The number of carbonyl (C=O) groups excluding carboxylic acids is 1. The maximum Gasteiger partial charge on any atom is 0.178 e. The van der Waals surface area contributed by atoms with E-state index < -0.39 is 0 Å². The maximum atomic E-state index is 12.0. The van der Waals surface area contributed by atoms with Gasteiger partial charge in [-0.3, -0.25) is 9.69 Å². The van der Waals surface area contributed by atoms with Crippen LogP contribution < -0.4 is 0 Å². The van der Waals surface area contributed by atoms with Gasteiger partial charge >= 0.3 is 0 Å². The lowest BCUT2D eigenvalue weighted by Gasteiger charge is -2.22. The van der Waals surface area contributed by atoms with E-state index in [0.29, 0.717) is 12.6 Å². The molecular formula is C12H18N2OS. The quantitative estimate of drug-likeness (QED) is 0.746. The molecule has 0 spiro atoms. The predicted octanol–water partition coefficient (Wildman–Crippen LogP) is 1.65. The van der Waals surface area contributed by atoms with Crippen molar-refractivity contribution in [1.82, 2.24) is 9.47 Å². The molecule has 1 aliphatic rings. The van der Waals surface area contributed by atoms with Gasteiger partial charge in [-0.05, 0) is 25.3 Å². The highest BCUT2D eigenvalue weighted by Crippen LogP contribution is 2.21. The Labute approximate surface area is 101 Å². The monoisotopic (exact) mass is 238 g/mol. The second kappa shape index (κ2) is 5.06. The number of thioether (sulfide) groups is 1. The van der Waals surface area contributed by atoms with Crippen LogP contribution in [0.2, 0.25) is 0 Å². The Bertz CT molecular complexity index is 369. The number of rotatable bonds is 4. The molecule has 1 fully saturated rings. The average molecular weight is 238 g/mol. The first-order valence-electron chi connectivity index (χ1n) is 5.60. The van der Waals surface area contributed by atoms with Gasteiger partial charge in [-0.25, -0.2) is 0 Å². The van der Waals surface area contributed by atoms with Crippen molar-refractivity contribution in [3.63, 3.8) is 0 Å². The lowest BCUT2D eigenvalue weighted by atomic mass is 10.2. The minimum Gasteiger partial charge on any atom is -0.357 e. The smallest absolute Gasteiger partial charge is 0.178 e. The highest BCUT2D eigenvalue weighted by Gasteiger charge is 2.22. The average Bonchev–Trinajstić information content (AvgIpc) is 2.87. The van der Waals surface area contributed by atoms with E-state index in [4.69, 9.17) is 0 Å². The number of Topliss-reactive ketones (excluding diaryl/α,β-unsaturated/α-hetero) is 1. The number of ketones is 1. The molecule has 1 aromatic heterocycles. The van der Waals surface area contributed by atoms with Crippen molar-refractivity contribution < 1.29 is 4.79 Å². The summed E-state index contributed by atoms with van der Waals surface area (Å²) in [5, 5.41) is 0. The van der Waals surface area contributed by atoms with Crippen LogP contribution in [0.15, 0.2) is 18.5 Å². The summed E-state index contributed by atoms with van der Waals surface area (Å²) in [6, 6.07) is 2.47. The number of hydrogen-bond donors (Lipinski definition) is 0. The van der Waals surface area contributed by atoms with Gasteiger partial charge < -0.3 is 4.57 Å². The molecule has 2 rings (SSSR count). The molecule has 88 valence electrons. The predicted molar refractivity (Wildman–Crippen MR) is 68.1 cm³/mol. The van der Waals surface area contributed by atoms with Gasteiger partial charge in [0.05, 0.1) is 6.54 Å². The first-order chi connectivity index (χ1) is 7.66. The van der Waals surface area contributed by atoms with Crippen molar-refractivity contribution in [2.24, 2.45) is 7.05 Å². The summed E-state index contributed by atoms with van der Waals surface area (Å²) >= 11 is 1.98. The number of aromatic nitrogens is 1. The molecule has 4 heteroatoms. The number of nitrogens with zero attached hydrogens (tertiary/aromatic N) is 2. The number of hydrogen-bond acceptors (Lipinski definition) is 3. The lowest BCUT2D eigenvalue weighted by molar-refractivity contribution is 0.0927. The zero-order chi connectivity index (χ0) is 11.5. The van der Waals surface area contributed by atoms with Gasteiger partial charge in [-0.2, -0.15) is 11.8 Å². The molecule has 0 N–H and O–H groups in total. The number of carbonyl (C=O) groups is 1. The number of aryl methyl sites for hydroxylation is 1. The molecule has 0 aromatic carbocycles. The summed E-state index contributed by atoms with van der Waals surface area (Å²) < 4.78 is 1.92. The Kier molecular flexibility index (Phi) is 3.71. The highest BCUT2D eigenvalue weighted by atomic mass is 32.2. The number of likely N-dealkylation sites (N-methyl/N-ethyl adjacent to an activating group) is 1. The van der Waals surface area contributed by atoms with Crippen LogP contribution in [0.3, 0.4) is 0 Å². The molecule has 0 radical (unpaired) electrons. The summed E-state index contributed by atoms with van der Waals surface area (Å²) in [7, 11) is 3.99. The first kappa shape index (κ1) is 11.7. The van der Waals surface area contributed by atoms with Gasteiger partial charge in [0.2, 0.25) is 0 Å². The molecule has 0 bridgehead atoms. The third-order valence-electron chi connectivity index (χ3n) is 3.08. The third kappa shape index (κ3) is 2.68. The van der Waals surface area contributed by atoms with E-state index in [0.717, 1.165) is 5.56 Å². The van der Waals surface area contributed by atoms with Gasteiger partial charge in [-0.15, -0.1) is 0 Å². The van der Waals surface area contributed by atoms with E-state index in [1.165, 1.54) is 17.9 Å². The Morgan fingerprint density at radius 3 is 3.06 bits per heavy atom. The molecular weight excluding hydrogens is 220 g/mol. The van der Waals surface area contributed by atoms with Gasteiger partial charge in [0.1, 0.15) is 0 Å². The minimum absolute atomic E-state index is 0.222. The van der Waals surface area contributed by atoms with E-state index in [1.807, 2.05) is 41.8 Å². The van der Waals surface area contributed by atoms with Crippen LogP contribution in [0.1, 0.15) is 16.8 Å². The summed E-state index contributed by atoms with van der Waals surface area (Å²) in [5.41, 5.74) is 0.819. The van der Waals surface area contributed by atoms with Crippen LogP contribution in [-0.2, 0) is 7.05 Å². The molecule has 1 unspecified atom stereocenters. The molecule has 16 heavy (non-hydrogen) atoms. The Hall–Kier alpha value is -0.740. The van der Waals surface area contributed by atoms with E-state index in [2.05, 4.69) is 11.9 Å². The van der Waals surface area contributed by atoms with E-state index in [9.17, 15) is 4.79 Å². The Morgan fingerprint density at radius 1 is 1.69 bits per heavy atom. The van der Waals surface area contributed by atoms with Crippen molar-refractivity contribution in [2.45, 2.75) is 12.5 Å². The van der Waals surface area contributed by atoms with Crippen molar-refractivity contribution in [3.05, 3.63) is 24.0 Å². The van der Waals surface area contributed by atoms with Gasteiger partial charge in [0.15, 0.2) is 5.78 Å². The zero-order valence-electron chi connectivity index (χ0n) is 9.85. The molecule has 1 saturated heterocycles. The molecule has 1 aromatic rings. The van der Waals surface area contributed by atoms with Crippen LogP contribution >= 0.6 is 11.8 Å². The summed E-state index contributed by atoms with van der Waals surface area (Å²) in [4.78, 5) is 14.2. The van der Waals surface area contributed by atoms with Crippen LogP contribution in [0.4, 0.5) is 0 Å². The fourth-order valence-corrected chi connectivity index (χ4v) is 3.28. The van der Waals surface area contributed by atoms with E-state index in [-0.39, 0.29) is 5.78 Å². The van der Waals surface area contributed by atoms with Gasteiger partial charge in [-0.1, -0.05) is 0 Å². The molecule has 3 nitrogen and oxygen atoms in total. The molecule has 0 aliphatic carbocycles. The summed E-state index contributed by atoms with van der Waals surface area (Å²) in [6.07, 6.45) is 5.02. The van der Waals surface area contributed by atoms with Gasteiger partial charge in [0, 0.05) is 36.8 Å². The zero-order valence-corrected chi connectivity index (χ0v) is 10.7. The van der Waals surface area contributed by atoms with Crippen LogP contribution in [0.5, 0.6) is 0 Å². The highest BCUT2D eigenvalue weighted by molar-refractivity contribution is 7.99. The Morgan fingerprint density at radius 2 is 2.50 bits per heavy atom. The molecule has 0 saturated carbocycles. The molecule has 2 heterocycles. The minimum atomic E-state index is 0.222. The third-order valence-corrected chi connectivity index (χ3v) is 4.22. The molecule has 0 amide bonds. The second-order valence-corrected chi connectivity index (χ2v) is 5.57. The van der Waals surface area contributed by atoms with Crippen molar-refractivity contribution in [1.29, 1.82) is 0 Å². The van der Waals surface area contributed by atoms with Gasteiger partial charge in [0.25, 0.3) is 0 Å². The lowest BCUT2D eigenvalue weighted by Crippen LogP contribution is -2.35. The SMILES string of the molecule is CN(CC(=O)c1ccn(C)c1)C1CCSC1. The van der Waals surface area contributed by atoms with Crippen LogP contribution in [-0.4, -0.2) is 46.4 Å².